The molecule has 2 rings (SSSR count). The Morgan fingerprint density at radius 1 is 1.11 bits per heavy atom. The fraction of sp³-hybridized carbons (Fsp3) is 0.381. The number of amides is 2. The van der Waals surface area contributed by atoms with Crippen molar-refractivity contribution in [3.05, 3.63) is 53.9 Å². The lowest BCUT2D eigenvalue weighted by Crippen LogP contribution is -2.47. The van der Waals surface area contributed by atoms with Gasteiger partial charge in [-0.1, -0.05) is 19.9 Å². The monoisotopic (exact) mass is 385 g/mol. The molecule has 7 heteroatoms. The Morgan fingerprint density at radius 3 is 2.32 bits per heavy atom. The van der Waals surface area contributed by atoms with E-state index >= 15 is 0 Å². The maximum atomic E-state index is 12.7. The highest BCUT2D eigenvalue weighted by Crippen LogP contribution is 2.22. The summed E-state index contributed by atoms with van der Waals surface area (Å²) in [6.07, 6.45) is 3.89. The van der Waals surface area contributed by atoms with Crippen LogP contribution in [-0.2, 0) is 11.3 Å². The first kappa shape index (κ1) is 21.2. The number of hydrogen-bond donors (Lipinski definition) is 2. The molecule has 0 saturated carbocycles. The molecule has 0 aliphatic carbocycles. The second kappa shape index (κ2) is 10.3. The predicted molar refractivity (Wildman–Crippen MR) is 106 cm³/mol. The smallest absolute Gasteiger partial charge is 0.252 e. The molecule has 0 radical (unpaired) electrons. The van der Waals surface area contributed by atoms with Crippen LogP contribution in [0.1, 0.15) is 36.2 Å². The maximum Gasteiger partial charge on any atom is 0.252 e. The minimum absolute atomic E-state index is 0.231. The molecule has 2 N–H and O–H groups in total. The van der Waals surface area contributed by atoms with E-state index in [1.165, 1.54) is 14.2 Å². The number of carbonyl (C=O) groups is 2. The quantitative estimate of drug-likeness (QED) is 0.692. The van der Waals surface area contributed by atoms with Gasteiger partial charge in [-0.3, -0.25) is 14.6 Å². The molecule has 0 saturated heterocycles. The van der Waals surface area contributed by atoms with Crippen molar-refractivity contribution in [2.24, 2.45) is 5.92 Å². The normalized spacial score (nSPS) is 11.6. The summed E-state index contributed by atoms with van der Waals surface area (Å²) < 4.78 is 10.4. The number of rotatable bonds is 9. The standard InChI is InChI=1S/C21H27N3O4/c1-14(2)8-19(21(26)23-13-15-6-5-7-22-12-15)24-20(25)16-9-17(27-3)11-18(10-16)28-4/h5-7,9-12,14,19H,8,13H2,1-4H3,(H,23,26)(H,24,25)/t19-/m1/s1. The first-order valence-corrected chi connectivity index (χ1v) is 9.13. The lowest BCUT2D eigenvalue weighted by atomic mass is 10.0. The molecule has 0 aliphatic heterocycles. The van der Waals surface area contributed by atoms with E-state index in [1.54, 1.807) is 30.6 Å². The number of methoxy groups -OCH3 is 2. The summed E-state index contributed by atoms with van der Waals surface area (Å²) in [5, 5.41) is 5.69. The van der Waals surface area contributed by atoms with Gasteiger partial charge in [-0.15, -0.1) is 0 Å². The van der Waals surface area contributed by atoms with E-state index in [0.717, 1.165) is 5.56 Å². The first-order valence-electron chi connectivity index (χ1n) is 9.13. The van der Waals surface area contributed by atoms with Crippen LogP contribution in [-0.4, -0.2) is 37.1 Å². The van der Waals surface area contributed by atoms with Crippen molar-refractivity contribution in [3.8, 4) is 11.5 Å². The number of pyridine rings is 1. The largest absolute Gasteiger partial charge is 0.497 e. The predicted octanol–water partition coefficient (Wildman–Crippen LogP) is 2.56. The Morgan fingerprint density at radius 2 is 1.79 bits per heavy atom. The SMILES string of the molecule is COc1cc(OC)cc(C(=O)N[C@H](CC(C)C)C(=O)NCc2cccnc2)c1. The van der Waals surface area contributed by atoms with Gasteiger partial charge in [0, 0.05) is 30.6 Å². The summed E-state index contributed by atoms with van der Waals surface area (Å²) in [4.78, 5) is 29.4. The van der Waals surface area contributed by atoms with Crippen molar-refractivity contribution in [2.45, 2.75) is 32.9 Å². The number of carbonyl (C=O) groups excluding carboxylic acids is 2. The van der Waals surface area contributed by atoms with Gasteiger partial charge in [0.25, 0.3) is 5.91 Å². The van der Waals surface area contributed by atoms with Gasteiger partial charge in [0.2, 0.25) is 5.91 Å². The summed E-state index contributed by atoms with van der Waals surface area (Å²) >= 11 is 0. The van der Waals surface area contributed by atoms with Crippen LogP contribution in [0.5, 0.6) is 11.5 Å². The van der Waals surface area contributed by atoms with E-state index in [1.807, 2.05) is 26.0 Å². The number of hydrogen-bond acceptors (Lipinski definition) is 5. The molecule has 1 aromatic heterocycles. The number of aromatic nitrogens is 1. The molecular formula is C21H27N3O4. The van der Waals surface area contributed by atoms with Crippen LogP contribution in [0.2, 0.25) is 0 Å². The summed E-state index contributed by atoms with van der Waals surface area (Å²) in [6.45, 7) is 4.36. The molecule has 1 aromatic carbocycles. The Bertz CT molecular complexity index is 771. The maximum absolute atomic E-state index is 12.7. The van der Waals surface area contributed by atoms with Crippen molar-refractivity contribution < 1.29 is 19.1 Å². The zero-order valence-electron chi connectivity index (χ0n) is 16.7. The van der Waals surface area contributed by atoms with Gasteiger partial charge in [-0.05, 0) is 36.1 Å². The Kier molecular flexibility index (Phi) is 7.80. The molecule has 0 bridgehead atoms. The third-order valence-corrected chi connectivity index (χ3v) is 4.13. The van der Waals surface area contributed by atoms with E-state index < -0.39 is 6.04 Å². The lowest BCUT2D eigenvalue weighted by Gasteiger charge is -2.20. The molecule has 2 amide bonds. The summed E-state index contributed by atoms with van der Waals surface area (Å²) in [6, 6.07) is 7.94. The van der Waals surface area contributed by atoms with Gasteiger partial charge in [0.05, 0.1) is 14.2 Å². The van der Waals surface area contributed by atoms with Crippen molar-refractivity contribution in [2.75, 3.05) is 14.2 Å². The van der Waals surface area contributed by atoms with Crippen molar-refractivity contribution in [1.29, 1.82) is 0 Å². The van der Waals surface area contributed by atoms with E-state index in [2.05, 4.69) is 15.6 Å². The van der Waals surface area contributed by atoms with E-state index in [4.69, 9.17) is 9.47 Å². The van der Waals surface area contributed by atoms with E-state index in [0.29, 0.717) is 30.0 Å². The highest BCUT2D eigenvalue weighted by molar-refractivity contribution is 5.98. The molecule has 1 atom stereocenters. The van der Waals surface area contributed by atoms with Crippen LogP contribution < -0.4 is 20.1 Å². The summed E-state index contributed by atoms with van der Waals surface area (Å²) in [5.74, 6) is 0.645. The fourth-order valence-electron chi connectivity index (χ4n) is 2.70. The highest BCUT2D eigenvalue weighted by Gasteiger charge is 2.23. The zero-order chi connectivity index (χ0) is 20.5. The lowest BCUT2D eigenvalue weighted by molar-refractivity contribution is -0.123. The topological polar surface area (TPSA) is 89.5 Å². The minimum Gasteiger partial charge on any atom is -0.497 e. The van der Waals surface area contributed by atoms with Crippen molar-refractivity contribution in [3.63, 3.8) is 0 Å². The van der Waals surface area contributed by atoms with E-state index in [-0.39, 0.29) is 17.7 Å². The second-order valence-corrected chi connectivity index (χ2v) is 6.84. The molecule has 1 heterocycles. The number of nitrogens with one attached hydrogen (secondary N) is 2. The van der Waals surface area contributed by atoms with E-state index in [9.17, 15) is 9.59 Å². The van der Waals surface area contributed by atoms with Gasteiger partial charge in [0.1, 0.15) is 17.5 Å². The third-order valence-electron chi connectivity index (χ3n) is 4.13. The van der Waals surface area contributed by atoms with Crippen LogP contribution in [0.25, 0.3) is 0 Å². The van der Waals surface area contributed by atoms with Gasteiger partial charge in [-0.25, -0.2) is 0 Å². The van der Waals surface area contributed by atoms with Gasteiger partial charge < -0.3 is 20.1 Å². The molecular weight excluding hydrogens is 358 g/mol. The van der Waals surface area contributed by atoms with Crippen LogP contribution in [0.3, 0.4) is 0 Å². The Hall–Kier alpha value is -3.09. The number of nitrogens with zero attached hydrogens (tertiary/aromatic N) is 1. The molecule has 0 unspecified atom stereocenters. The van der Waals surface area contributed by atoms with Crippen LogP contribution in [0, 0.1) is 5.92 Å². The van der Waals surface area contributed by atoms with Crippen LogP contribution in [0.15, 0.2) is 42.7 Å². The van der Waals surface area contributed by atoms with Gasteiger partial charge in [-0.2, -0.15) is 0 Å². The average molecular weight is 385 g/mol. The zero-order valence-corrected chi connectivity index (χ0v) is 16.7. The van der Waals surface area contributed by atoms with Crippen LogP contribution in [0.4, 0.5) is 0 Å². The minimum atomic E-state index is -0.652. The average Bonchev–Trinajstić information content (AvgIpc) is 2.71. The number of ether oxygens (including phenoxy) is 2. The first-order chi connectivity index (χ1) is 13.4. The third kappa shape index (κ3) is 6.26. The molecule has 0 aliphatic rings. The second-order valence-electron chi connectivity index (χ2n) is 6.84. The molecule has 0 fully saturated rings. The molecule has 0 spiro atoms. The molecule has 150 valence electrons. The van der Waals surface area contributed by atoms with Crippen molar-refractivity contribution in [1.82, 2.24) is 15.6 Å². The number of benzene rings is 1. The van der Waals surface area contributed by atoms with Gasteiger partial charge in [0.15, 0.2) is 0 Å². The van der Waals surface area contributed by atoms with Crippen LogP contribution >= 0.6 is 0 Å². The highest BCUT2D eigenvalue weighted by atomic mass is 16.5. The fourth-order valence-corrected chi connectivity index (χ4v) is 2.70. The molecule has 2 aromatic rings. The summed E-state index contributed by atoms with van der Waals surface area (Å²) in [5.41, 5.74) is 1.26. The molecule has 28 heavy (non-hydrogen) atoms. The van der Waals surface area contributed by atoms with Gasteiger partial charge >= 0.3 is 0 Å². The Labute approximate surface area is 165 Å². The summed E-state index contributed by atoms with van der Waals surface area (Å²) in [7, 11) is 3.04. The van der Waals surface area contributed by atoms with Crippen molar-refractivity contribution >= 4 is 11.8 Å². The molecule has 7 nitrogen and oxygen atoms in total. The Balaban J connectivity index is 2.10.